The van der Waals surface area contributed by atoms with E-state index in [-0.39, 0.29) is 0 Å². The third-order valence-corrected chi connectivity index (χ3v) is 9.30. The molecule has 0 radical (unpaired) electrons. The Balaban J connectivity index is 1.28. The van der Waals surface area contributed by atoms with Crippen molar-refractivity contribution in [1.29, 1.82) is 15.8 Å². The molecule has 0 bridgehead atoms. The second-order valence-corrected chi connectivity index (χ2v) is 12.3. The van der Waals surface area contributed by atoms with Gasteiger partial charge in [-0.3, -0.25) is 0 Å². The predicted molar refractivity (Wildman–Crippen MR) is 197 cm³/mol. The minimum absolute atomic E-state index is 0.575. The van der Waals surface area contributed by atoms with Gasteiger partial charge < -0.3 is 8.83 Å². The first-order valence-corrected chi connectivity index (χ1v) is 16.1. The van der Waals surface area contributed by atoms with Crippen LogP contribution in [0, 0.1) is 34.0 Å². The summed E-state index contributed by atoms with van der Waals surface area (Å²) in [6, 6.07) is 52.6. The van der Waals surface area contributed by atoms with Gasteiger partial charge in [-0.25, -0.2) is 0 Å². The molecular weight excluding hydrogens is 615 g/mol. The second kappa shape index (κ2) is 11.4. The number of nitriles is 3. The van der Waals surface area contributed by atoms with Gasteiger partial charge in [-0.15, -0.1) is 0 Å². The van der Waals surface area contributed by atoms with Gasteiger partial charge in [-0.05, 0) is 142 Å². The lowest BCUT2D eigenvalue weighted by atomic mass is 9.90. The third-order valence-electron chi connectivity index (χ3n) is 9.30. The zero-order valence-corrected chi connectivity index (χ0v) is 26.4. The van der Waals surface area contributed by atoms with Crippen LogP contribution in [-0.4, -0.2) is 0 Å². The zero-order valence-electron chi connectivity index (χ0n) is 26.4. The van der Waals surface area contributed by atoms with Crippen LogP contribution in [0.3, 0.4) is 0 Å². The average Bonchev–Trinajstić information content (AvgIpc) is 3.74. The van der Waals surface area contributed by atoms with Crippen LogP contribution in [0.2, 0.25) is 0 Å². The van der Waals surface area contributed by atoms with Crippen molar-refractivity contribution < 1.29 is 8.83 Å². The number of furan rings is 2. The Morgan fingerprint density at radius 2 is 0.680 bits per heavy atom. The molecule has 0 unspecified atom stereocenters. The molecule has 2 heterocycles. The molecule has 0 aliphatic heterocycles. The van der Waals surface area contributed by atoms with Crippen molar-refractivity contribution >= 4 is 43.9 Å². The van der Waals surface area contributed by atoms with E-state index in [2.05, 4.69) is 66.7 Å². The van der Waals surface area contributed by atoms with Crippen molar-refractivity contribution in [3.8, 4) is 62.7 Å². The van der Waals surface area contributed by atoms with E-state index in [0.29, 0.717) is 16.7 Å². The molecule has 7 aromatic carbocycles. The van der Waals surface area contributed by atoms with Crippen LogP contribution >= 0.6 is 0 Å². The standard InChI is InChI=1S/C45H23N3O2/c46-24-27-6-10-42-38(16-27)40-22-31(8-12-44(40)49-42)35-19-36(32-9-13-45-41(23-32)39-17-28(25-47)7-11-43(39)50-45)21-37(20-35)34-15-29(26-48)14-33(18-34)30-4-2-1-3-5-30/h1-23H. The monoisotopic (exact) mass is 637 g/mol. The van der Waals surface area contributed by atoms with Crippen molar-refractivity contribution in [3.63, 3.8) is 0 Å². The first-order chi connectivity index (χ1) is 24.6. The van der Waals surface area contributed by atoms with Gasteiger partial charge >= 0.3 is 0 Å². The first-order valence-electron chi connectivity index (χ1n) is 16.1. The topological polar surface area (TPSA) is 97.7 Å². The van der Waals surface area contributed by atoms with Crippen LogP contribution < -0.4 is 0 Å². The van der Waals surface area contributed by atoms with Crippen molar-refractivity contribution in [2.75, 3.05) is 0 Å². The average molecular weight is 638 g/mol. The maximum atomic E-state index is 10.0. The molecule has 0 aliphatic rings. The molecule has 0 saturated carbocycles. The van der Waals surface area contributed by atoms with E-state index in [4.69, 9.17) is 8.83 Å². The Kier molecular flexibility index (Phi) is 6.56. The van der Waals surface area contributed by atoms with Gasteiger partial charge in [0.1, 0.15) is 22.3 Å². The highest BCUT2D eigenvalue weighted by atomic mass is 16.3. The fourth-order valence-electron chi connectivity index (χ4n) is 6.84. The van der Waals surface area contributed by atoms with Crippen molar-refractivity contribution in [3.05, 3.63) is 156 Å². The molecule has 2 aromatic heterocycles. The van der Waals surface area contributed by atoms with Gasteiger partial charge in [0.05, 0.1) is 34.9 Å². The molecule has 9 rings (SSSR count). The Morgan fingerprint density at radius 1 is 0.300 bits per heavy atom. The molecule has 5 nitrogen and oxygen atoms in total. The molecule has 0 spiro atoms. The Morgan fingerprint density at radius 3 is 1.14 bits per heavy atom. The molecule has 0 N–H and O–H groups in total. The van der Waals surface area contributed by atoms with Gasteiger partial charge in [-0.2, -0.15) is 15.8 Å². The van der Waals surface area contributed by atoms with Gasteiger partial charge in [0.15, 0.2) is 0 Å². The Labute approximate surface area is 286 Å². The van der Waals surface area contributed by atoms with Crippen LogP contribution in [0.15, 0.2) is 148 Å². The van der Waals surface area contributed by atoms with Gasteiger partial charge in [0.25, 0.3) is 0 Å². The second-order valence-electron chi connectivity index (χ2n) is 12.3. The normalized spacial score (nSPS) is 11.1. The minimum atomic E-state index is 0.575. The van der Waals surface area contributed by atoms with Crippen molar-refractivity contribution in [2.24, 2.45) is 0 Å². The highest BCUT2D eigenvalue weighted by molar-refractivity contribution is 6.08. The molecule has 0 amide bonds. The van der Waals surface area contributed by atoms with Gasteiger partial charge in [-0.1, -0.05) is 42.5 Å². The highest BCUT2D eigenvalue weighted by Gasteiger charge is 2.15. The zero-order chi connectivity index (χ0) is 33.8. The van der Waals surface area contributed by atoms with E-state index in [9.17, 15) is 15.8 Å². The summed E-state index contributed by atoms with van der Waals surface area (Å²) in [5.41, 5.74) is 12.5. The van der Waals surface area contributed by atoms with Crippen molar-refractivity contribution in [2.45, 2.75) is 0 Å². The molecule has 230 valence electrons. The van der Waals surface area contributed by atoms with Gasteiger partial charge in [0.2, 0.25) is 0 Å². The largest absolute Gasteiger partial charge is 0.456 e. The quantitative estimate of drug-likeness (QED) is 0.191. The van der Waals surface area contributed by atoms with Crippen molar-refractivity contribution in [1.82, 2.24) is 0 Å². The van der Waals surface area contributed by atoms with Gasteiger partial charge in [0, 0.05) is 21.5 Å². The summed E-state index contributed by atoms with van der Waals surface area (Å²) in [5.74, 6) is 0. The lowest BCUT2D eigenvalue weighted by Crippen LogP contribution is -1.89. The molecule has 0 aliphatic carbocycles. The summed E-state index contributed by atoms with van der Waals surface area (Å²) in [6.07, 6.45) is 0. The predicted octanol–water partition coefficient (Wildman–Crippen LogP) is 11.8. The fraction of sp³-hybridized carbons (Fsp3) is 0. The lowest BCUT2D eigenvalue weighted by Gasteiger charge is -2.13. The summed E-state index contributed by atoms with van der Waals surface area (Å²) in [5, 5.41) is 32.8. The maximum Gasteiger partial charge on any atom is 0.135 e. The van der Waals surface area contributed by atoms with Crippen LogP contribution in [0.25, 0.3) is 88.4 Å². The number of fused-ring (bicyclic) bond motifs is 6. The smallest absolute Gasteiger partial charge is 0.135 e. The molecule has 50 heavy (non-hydrogen) atoms. The maximum absolute atomic E-state index is 10.0. The van der Waals surface area contributed by atoms with E-state index in [1.807, 2.05) is 78.9 Å². The molecule has 5 heteroatoms. The van der Waals surface area contributed by atoms with E-state index in [1.165, 1.54) is 0 Å². The fourth-order valence-corrected chi connectivity index (χ4v) is 6.84. The molecule has 0 saturated heterocycles. The van der Waals surface area contributed by atoms with Crippen LogP contribution in [-0.2, 0) is 0 Å². The summed E-state index contributed by atoms with van der Waals surface area (Å²) in [6.45, 7) is 0. The van der Waals surface area contributed by atoms with E-state index < -0.39 is 0 Å². The van der Waals surface area contributed by atoms with Crippen LogP contribution in [0.1, 0.15) is 16.7 Å². The third kappa shape index (κ3) is 4.85. The highest BCUT2D eigenvalue weighted by Crippen LogP contribution is 2.39. The molecule has 0 fully saturated rings. The number of nitrogens with zero attached hydrogens (tertiary/aromatic N) is 3. The number of rotatable bonds is 4. The summed E-state index contributed by atoms with van der Waals surface area (Å²) in [7, 11) is 0. The van der Waals surface area contributed by atoms with Crippen LogP contribution in [0.4, 0.5) is 0 Å². The number of benzene rings is 7. The summed E-state index contributed by atoms with van der Waals surface area (Å²) < 4.78 is 12.3. The number of hydrogen-bond acceptors (Lipinski definition) is 5. The summed E-state index contributed by atoms with van der Waals surface area (Å²) in [4.78, 5) is 0. The lowest BCUT2D eigenvalue weighted by molar-refractivity contribution is 0.668. The van der Waals surface area contributed by atoms with E-state index >= 15 is 0 Å². The summed E-state index contributed by atoms with van der Waals surface area (Å²) >= 11 is 0. The number of hydrogen-bond donors (Lipinski definition) is 0. The molecular formula is C45H23N3O2. The van der Waals surface area contributed by atoms with E-state index in [1.54, 1.807) is 12.1 Å². The molecule has 0 atom stereocenters. The Bertz CT molecular complexity index is 2810. The minimum Gasteiger partial charge on any atom is -0.456 e. The molecule has 9 aromatic rings. The Hall–Kier alpha value is -7.39. The van der Waals surface area contributed by atoms with E-state index in [0.717, 1.165) is 88.4 Å². The SMILES string of the molecule is N#Cc1cc(-c2ccccc2)cc(-c2cc(-c3ccc4oc5ccc(C#N)cc5c4c3)cc(-c3ccc4oc5ccc(C#N)cc5c4c3)c2)c1. The first kappa shape index (κ1) is 28.8. The van der Waals surface area contributed by atoms with Crippen LogP contribution in [0.5, 0.6) is 0 Å².